The van der Waals surface area contributed by atoms with Gasteiger partial charge in [0.25, 0.3) is 0 Å². The first kappa shape index (κ1) is 11.4. The minimum atomic E-state index is -0.693. The maximum Gasteiger partial charge on any atom is 0.164 e. The van der Waals surface area contributed by atoms with Gasteiger partial charge in [-0.25, -0.2) is 19.0 Å². The zero-order valence-electron chi connectivity index (χ0n) is 10.0. The first-order valence-electron chi connectivity index (χ1n) is 5.52. The molecule has 0 saturated heterocycles. The van der Waals surface area contributed by atoms with E-state index in [9.17, 15) is 9.50 Å². The summed E-state index contributed by atoms with van der Waals surface area (Å²) in [5.74, 6) is -0.871. The smallest absolute Gasteiger partial charge is 0.164 e. The van der Waals surface area contributed by atoms with Crippen molar-refractivity contribution in [3.63, 3.8) is 0 Å². The number of phenolic OH excluding ortho intramolecular Hbond substituents is 1. The minimum Gasteiger partial charge on any atom is -0.505 e. The third-order valence-electron chi connectivity index (χ3n) is 2.83. The second-order valence-corrected chi connectivity index (χ2v) is 4.09. The molecule has 0 aliphatic carbocycles. The summed E-state index contributed by atoms with van der Waals surface area (Å²) in [5, 5.41) is 13.7. The Morgan fingerprint density at radius 1 is 1.32 bits per heavy atom. The Morgan fingerprint density at radius 3 is 2.84 bits per heavy atom. The van der Waals surface area contributed by atoms with Crippen LogP contribution < -0.4 is 5.73 Å². The van der Waals surface area contributed by atoms with E-state index in [-0.39, 0.29) is 5.82 Å². The molecule has 3 N–H and O–H groups in total. The number of rotatable bonds is 1. The lowest BCUT2D eigenvalue weighted by atomic mass is 10.3. The molecule has 0 radical (unpaired) electrons. The first-order valence-corrected chi connectivity index (χ1v) is 5.52. The minimum absolute atomic E-state index is 0.273. The molecule has 6 nitrogen and oxygen atoms in total. The molecule has 0 aliphatic rings. The molecule has 0 aliphatic heterocycles. The first-order chi connectivity index (χ1) is 9.08. The molecule has 2 heterocycles. The number of fused-ring (bicyclic) bond motifs is 1. The molecule has 1 aromatic carbocycles. The summed E-state index contributed by atoms with van der Waals surface area (Å²) in [6.45, 7) is 1.79. The van der Waals surface area contributed by atoms with Crippen LogP contribution in [-0.4, -0.2) is 24.9 Å². The van der Waals surface area contributed by atoms with E-state index in [2.05, 4.69) is 15.1 Å². The average molecular weight is 259 g/mol. The highest BCUT2D eigenvalue weighted by molar-refractivity contribution is 5.87. The lowest BCUT2D eigenvalue weighted by Gasteiger charge is -2.05. The largest absolute Gasteiger partial charge is 0.505 e. The van der Waals surface area contributed by atoms with Crippen LogP contribution in [0.25, 0.3) is 16.7 Å². The highest BCUT2D eigenvalue weighted by Crippen LogP contribution is 2.26. The van der Waals surface area contributed by atoms with E-state index in [1.54, 1.807) is 6.92 Å². The molecular formula is C12H10FN5O. The Kier molecular flexibility index (Phi) is 2.34. The fourth-order valence-electron chi connectivity index (χ4n) is 1.93. The van der Waals surface area contributed by atoms with Crippen molar-refractivity contribution >= 4 is 16.9 Å². The molecular weight excluding hydrogens is 249 g/mol. The molecule has 0 saturated carbocycles. The molecule has 7 heteroatoms. The van der Waals surface area contributed by atoms with E-state index < -0.39 is 11.6 Å². The van der Waals surface area contributed by atoms with Crippen LogP contribution in [0.4, 0.5) is 10.2 Å². The lowest BCUT2D eigenvalue weighted by molar-refractivity contribution is 0.432. The lowest BCUT2D eigenvalue weighted by Crippen LogP contribution is -2.01. The Balaban J connectivity index is 2.33. The molecule has 0 amide bonds. The number of nitrogen functional groups attached to an aromatic ring is 1. The summed E-state index contributed by atoms with van der Waals surface area (Å²) in [7, 11) is 0. The Hall–Kier alpha value is -2.70. The Morgan fingerprint density at radius 2 is 2.11 bits per heavy atom. The van der Waals surface area contributed by atoms with Gasteiger partial charge in [0.1, 0.15) is 17.4 Å². The molecule has 0 unspecified atom stereocenters. The van der Waals surface area contributed by atoms with Crippen LogP contribution in [-0.2, 0) is 0 Å². The second-order valence-electron chi connectivity index (χ2n) is 4.09. The maximum atomic E-state index is 13.1. The van der Waals surface area contributed by atoms with Gasteiger partial charge in [-0.05, 0) is 19.1 Å². The summed E-state index contributed by atoms with van der Waals surface area (Å²) in [6, 6.07) is 3.93. The molecule has 0 bridgehead atoms. The van der Waals surface area contributed by atoms with Crippen molar-refractivity contribution in [2.75, 3.05) is 5.73 Å². The molecule has 0 fully saturated rings. The quantitative estimate of drug-likeness (QED) is 0.692. The number of aryl methyl sites for hydroxylation is 1. The standard InChI is InChI=1S/C12H10FN5O/c1-6-10-11(12(14)16-5-15-10)18(17-6)7-2-3-8(13)9(19)4-7/h2-5,19H,1H3,(H2,14,15,16). The van der Waals surface area contributed by atoms with Gasteiger partial charge in [0.2, 0.25) is 0 Å². The fourth-order valence-corrected chi connectivity index (χ4v) is 1.93. The van der Waals surface area contributed by atoms with Crippen molar-refractivity contribution in [1.82, 2.24) is 19.7 Å². The van der Waals surface area contributed by atoms with Crippen molar-refractivity contribution in [1.29, 1.82) is 0 Å². The predicted molar refractivity (Wildman–Crippen MR) is 67.4 cm³/mol. The van der Waals surface area contributed by atoms with E-state index in [4.69, 9.17) is 5.73 Å². The molecule has 19 heavy (non-hydrogen) atoms. The van der Waals surface area contributed by atoms with E-state index >= 15 is 0 Å². The van der Waals surface area contributed by atoms with Gasteiger partial charge in [0, 0.05) is 6.07 Å². The van der Waals surface area contributed by atoms with Crippen molar-refractivity contribution < 1.29 is 9.50 Å². The van der Waals surface area contributed by atoms with Crippen LogP contribution in [0.3, 0.4) is 0 Å². The monoisotopic (exact) mass is 259 g/mol. The molecule has 3 aromatic rings. The molecule has 3 rings (SSSR count). The number of aromatic hydroxyl groups is 1. The number of anilines is 1. The zero-order valence-corrected chi connectivity index (χ0v) is 10.0. The van der Waals surface area contributed by atoms with Gasteiger partial charge in [-0.2, -0.15) is 5.10 Å². The number of nitrogens with two attached hydrogens (primary N) is 1. The van der Waals surface area contributed by atoms with Gasteiger partial charge >= 0.3 is 0 Å². The molecule has 96 valence electrons. The van der Waals surface area contributed by atoms with Crippen LogP contribution in [0.5, 0.6) is 5.75 Å². The summed E-state index contributed by atoms with van der Waals surface area (Å²) in [6.07, 6.45) is 1.36. The van der Waals surface area contributed by atoms with E-state index in [0.29, 0.717) is 22.4 Å². The van der Waals surface area contributed by atoms with Gasteiger partial charge in [-0.1, -0.05) is 0 Å². The van der Waals surface area contributed by atoms with Crippen LogP contribution >= 0.6 is 0 Å². The van der Waals surface area contributed by atoms with Crippen LogP contribution in [0.2, 0.25) is 0 Å². The highest BCUT2D eigenvalue weighted by Gasteiger charge is 2.14. The number of aromatic nitrogens is 4. The van der Waals surface area contributed by atoms with Crippen LogP contribution in [0.15, 0.2) is 24.5 Å². The average Bonchev–Trinajstić information content (AvgIpc) is 2.72. The molecule has 0 atom stereocenters. The summed E-state index contributed by atoms with van der Waals surface area (Å²) < 4.78 is 14.6. The summed E-state index contributed by atoms with van der Waals surface area (Å²) in [4.78, 5) is 8.03. The van der Waals surface area contributed by atoms with E-state index in [1.807, 2.05) is 0 Å². The van der Waals surface area contributed by atoms with Crippen molar-refractivity contribution in [2.24, 2.45) is 0 Å². The van der Waals surface area contributed by atoms with Crippen molar-refractivity contribution in [3.05, 3.63) is 36.0 Å². The number of benzene rings is 1. The topological polar surface area (TPSA) is 89.8 Å². The van der Waals surface area contributed by atoms with Gasteiger partial charge in [0.05, 0.1) is 11.4 Å². The van der Waals surface area contributed by atoms with Crippen LogP contribution in [0, 0.1) is 12.7 Å². The van der Waals surface area contributed by atoms with Crippen molar-refractivity contribution in [2.45, 2.75) is 6.92 Å². The van der Waals surface area contributed by atoms with Gasteiger partial charge in [-0.15, -0.1) is 0 Å². The van der Waals surface area contributed by atoms with E-state index in [1.165, 1.54) is 23.1 Å². The predicted octanol–water partition coefficient (Wildman–Crippen LogP) is 1.55. The number of hydrogen-bond acceptors (Lipinski definition) is 5. The zero-order chi connectivity index (χ0) is 13.6. The molecule has 0 spiro atoms. The second kappa shape index (κ2) is 3.91. The number of nitrogens with zero attached hydrogens (tertiary/aromatic N) is 4. The maximum absolute atomic E-state index is 13.1. The summed E-state index contributed by atoms with van der Waals surface area (Å²) in [5.41, 5.74) is 8.14. The van der Waals surface area contributed by atoms with Gasteiger partial charge in [-0.3, -0.25) is 0 Å². The number of phenols is 1. The SMILES string of the molecule is Cc1nn(-c2ccc(F)c(O)c2)c2c(N)ncnc12. The van der Waals surface area contributed by atoms with Gasteiger partial charge in [0.15, 0.2) is 17.4 Å². The third-order valence-corrected chi connectivity index (χ3v) is 2.83. The van der Waals surface area contributed by atoms with Gasteiger partial charge < -0.3 is 10.8 Å². The Labute approximate surface area is 107 Å². The molecule has 2 aromatic heterocycles. The number of halogens is 1. The van der Waals surface area contributed by atoms with E-state index in [0.717, 1.165) is 6.07 Å². The highest BCUT2D eigenvalue weighted by atomic mass is 19.1. The normalized spacial score (nSPS) is 11.1. The summed E-state index contributed by atoms with van der Waals surface area (Å²) >= 11 is 0. The third kappa shape index (κ3) is 1.67. The number of hydrogen-bond donors (Lipinski definition) is 2. The fraction of sp³-hybridized carbons (Fsp3) is 0.0833. The Bertz CT molecular complexity index is 783. The van der Waals surface area contributed by atoms with Crippen LogP contribution in [0.1, 0.15) is 5.69 Å². The van der Waals surface area contributed by atoms with Crippen molar-refractivity contribution in [3.8, 4) is 11.4 Å².